The van der Waals surface area contributed by atoms with Crippen molar-refractivity contribution in [3.63, 3.8) is 0 Å². The van der Waals surface area contributed by atoms with E-state index >= 15 is 0 Å². The van der Waals surface area contributed by atoms with Crippen LogP contribution in [0.3, 0.4) is 0 Å². The van der Waals surface area contributed by atoms with Crippen LogP contribution in [-0.4, -0.2) is 5.78 Å². The smallest absolute Gasteiger partial charge is 0.182 e. The van der Waals surface area contributed by atoms with E-state index in [2.05, 4.69) is 32.9 Å². The SMILES string of the molecule is C/C=C\C(=O)C1=C(C)C=CC(C)C1(C)C. The average molecular weight is 204 g/mol. The van der Waals surface area contributed by atoms with Gasteiger partial charge in [0.25, 0.3) is 0 Å². The maximum Gasteiger partial charge on any atom is 0.182 e. The number of ketones is 1. The molecule has 0 saturated carbocycles. The molecule has 1 nitrogen and oxygen atoms in total. The van der Waals surface area contributed by atoms with Crippen LogP contribution in [-0.2, 0) is 4.79 Å². The summed E-state index contributed by atoms with van der Waals surface area (Å²) in [5, 5.41) is 0. The van der Waals surface area contributed by atoms with Crippen LogP contribution in [0.1, 0.15) is 34.6 Å². The molecule has 0 radical (unpaired) electrons. The van der Waals surface area contributed by atoms with Crippen molar-refractivity contribution in [2.75, 3.05) is 0 Å². The highest BCUT2D eigenvalue weighted by atomic mass is 16.1. The normalized spacial score (nSPS) is 25.0. The quantitative estimate of drug-likeness (QED) is 0.627. The monoisotopic (exact) mass is 204 g/mol. The van der Waals surface area contributed by atoms with Crippen LogP contribution in [0.2, 0.25) is 0 Å². The van der Waals surface area contributed by atoms with E-state index in [1.807, 2.05) is 19.9 Å². The Hall–Kier alpha value is -1.11. The summed E-state index contributed by atoms with van der Waals surface area (Å²) in [6, 6.07) is 0. The highest BCUT2D eigenvalue weighted by molar-refractivity contribution is 6.06. The number of hydrogen-bond acceptors (Lipinski definition) is 1. The van der Waals surface area contributed by atoms with E-state index in [0.29, 0.717) is 5.92 Å². The summed E-state index contributed by atoms with van der Waals surface area (Å²) in [6.07, 6.45) is 7.71. The highest BCUT2D eigenvalue weighted by Gasteiger charge is 2.34. The largest absolute Gasteiger partial charge is 0.290 e. The molecule has 1 heteroatoms. The first-order valence-corrected chi connectivity index (χ1v) is 5.47. The van der Waals surface area contributed by atoms with Crippen molar-refractivity contribution in [3.8, 4) is 0 Å². The fourth-order valence-electron chi connectivity index (χ4n) is 2.09. The van der Waals surface area contributed by atoms with Crippen LogP contribution in [0, 0.1) is 11.3 Å². The molecule has 0 fully saturated rings. The molecule has 0 spiro atoms. The molecule has 1 unspecified atom stereocenters. The Kier molecular flexibility index (Phi) is 3.33. The molecule has 15 heavy (non-hydrogen) atoms. The van der Waals surface area contributed by atoms with E-state index < -0.39 is 0 Å². The number of allylic oxidation sites excluding steroid dienone is 6. The van der Waals surface area contributed by atoms with E-state index in [9.17, 15) is 4.79 Å². The van der Waals surface area contributed by atoms with Crippen LogP contribution in [0.4, 0.5) is 0 Å². The molecule has 1 aliphatic rings. The van der Waals surface area contributed by atoms with Gasteiger partial charge in [0.2, 0.25) is 0 Å². The van der Waals surface area contributed by atoms with E-state index in [-0.39, 0.29) is 11.2 Å². The molecule has 0 aliphatic heterocycles. The van der Waals surface area contributed by atoms with Crippen molar-refractivity contribution in [1.29, 1.82) is 0 Å². The summed E-state index contributed by atoms with van der Waals surface area (Å²) >= 11 is 0. The first-order chi connectivity index (χ1) is 6.91. The van der Waals surface area contributed by atoms with Gasteiger partial charge in [0, 0.05) is 5.57 Å². The second-order valence-corrected chi connectivity index (χ2v) is 4.79. The Morgan fingerprint density at radius 3 is 2.60 bits per heavy atom. The van der Waals surface area contributed by atoms with E-state index in [1.54, 1.807) is 6.08 Å². The molecule has 0 aromatic carbocycles. The first-order valence-electron chi connectivity index (χ1n) is 5.47. The Labute approximate surface area is 92.6 Å². The van der Waals surface area contributed by atoms with Crippen molar-refractivity contribution in [2.24, 2.45) is 11.3 Å². The average Bonchev–Trinajstić information content (AvgIpc) is 2.12. The van der Waals surface area contributed by atoms with Gasteiger partial charge in [-0.1, -0.05) is 39.0 Å². The van der Waals surface area contributed by atoms with Gasteiger partial charge in [0.15, 0.2) is 5.78 Å². The molecule has 0 aromatic rings. The summed E-state index contributed by atoms with van der Waals surface area (Å²) in [6.45, 7) is 10.3. The lowest BCUT2D eigenvalue weighted by atomic mass is 9.68. The van der Waals surface area contributed by atoms with Gasteiger partial charge in [-0.3, -0.25) is 4.79 Å². The lowest BCUT2D eigenvalue weighted by molar-refractivity contribution is -0.112. The fourth-order valence-corrected chi connectivity index (χ4v) is 2.09. The van der Waals surface area contributed by atoms with Crippen molar-refractivity contribution in [3.05, 3.63) is 35.5 Å². The van der Waals surface area contributed by atoms with Gasteiger partial charge in [-0.05, 0) is 36.8 Å². The predicted octanol–water partition coefficient (Wildman–Crippen LogP) is 3.68. The van der Waals surface area contributed by atoms with Crippen molar-refractivity contribution < 1.29 is 4.79 Å². The lowest BCUT2D eigenvalue weighted by Crippen LogP contribution is -2.30. The minimum Gasteiger partial charge on any atom is -0.290 e. The van der Waals surface area contributed by atoms with Crippen LogP contribution < -0.4 is 0 Å². The Morgan fingerprint density at radius 1 is 1.47 bits per heavy atom. The van der Waals surface area contributed by atoms with Crippen LogP contribution in [0.25, 0.3) is 0 Å². The van der Waals surface area contributed by atoms with E-state index in [4.69, 9.17) is 0 Å². The second-order valence-electron chi connectivity index (χ2n) is 4.79. The molecular formula is C14H20O. The number of carbonyl (C=O) groups is 1. The zero-order valence-electron chi connectivity index (χ0n) is 10.3. The van der Waals surface area contributed by atoms with Crippen LogP contribution >= 0.6 is 0 Å². The summed E-state index contributed by atoms with van der Waals surface area (Å²) in [5.41, 5.74) is 1.99. The van der Waals surface area contributed by atoms with Gasteiger partial charge in [-0.25, -0.2) is 0 Å². The maximum absolute atomic E-state index is 12.0. The molecule has 0 N–H and O–H groups in total. The molecule has 0 aromatic heterocycles. The first kappa shape index (κ1) is 12.0. The third-order valence-corrected chi connectivity index (χ3v) is 3.38. The third-order valence-electron chi connectivity index (χ3n) is 3.38. The van der Waals surface area contributed by atoms with Crippen LogP contribution in [0.5, 0.6) is 0 Å². The van der Waals surface area contributed by atoms with Crippen molar-refractivity contribution in [2.45, 2.75) is 34.6 Å². The lowest BCUT2D eigenvalue weighted by Gasteiger charge is -2.35. The number of carbonyl (C=O) groups excluding carboxylic acids is 1. The van der Waals surface area contributed by atoms with Gasteiger partial charge in [-0.15, -0.1) is 0 Å². The Balaban J connectivity index is 3.22. The summed E-state index contributed by atoms with van der Waals surface area (Å²) in [4.78, 5) is 12.0. The highest BCUT2D eigenvalue weighted by Crippen LogP contribution is 2.41. The minimum absolute atomic E-state index is 0.0601. The van der Waals surface area contributed by atoms with Crippen molar-refractivity contribution >= 4 is 5.78 Å². The molecule has 1 rings (SSSR count). The standard InChI is InChI=1S/C14H20O/c1-6-7-12(15)13-10(2)8-9-11(3)14(13,4)5/h6-9,11H,1-5H3/b7-6-. The number of rotatable bonds is 2. The summed E-state index contributed by atoms with van der Waals surface area (Å²) < 4.78 is 0. The molecular weight excluding hydrogens is 184 g/mol. The number of hydrogen-bond donors (Lipinski definition) is 0. The van der Waals surface area contributed by atoms with Gasteiger partial charge in [-0.2, -0.15) is 0 Å². The van der Waals surface area contributed by atoms with E-state index in [1.165, 1.54) is 0 Å². The van der Waals surface area contributed by atoms with Crippen molar-refractivity contribution in [1.82, 2.24) is 0 Å². The van der Waals surface area contributed by atoms with Gasteiger partial charge in [0.05, 0.1) is 0 Å². The zero-order valence-corrected chi connectivity index (χ0v) is 10.3. The molecule has 0 bridgehead atoms. The molecule has 0 saturated heterocycles. The topological polar surface area (TPSA) is 17.1 Å². The molecule has 0 amide bonds. The van der Waals surface area contributed by atoms with Gasteiger partial charge >= 0.3 is 0 Å². The predicted molar refractivity (Wildman–Crippen MR) is 64.6 cm³/mol. The third kappa shape index (κ3) is 2.11. The minimum atomic E-state index is -0.0601. The molecule has 1 atom stereocenters. The Bertz CT molecular complexity index is 354. The maximum atomic E-state index is 12.0. The van der Waals surface area contributed by atoms with Gasteiger partial charge < -0.3 is 0 Å². The Morgan fingerprint density at radius 2 is 2.07 bits per heavy atom. The van der Waals surface area contributed by atoms with Gasteiger partial charge in [0.1, 0.15) is 0 Å². The molecule has 82 valence electrons. The second kappa shape index (κ2) is 4.18. The van der Waals surface area contributed by atoms with Crippen LogP contribution in [0.15, 0.2) is 35.5 Å². The summed E-state index contributed by atoms with van der Waals surface area (Å²) in [5.74, 6) is 0.557. The molecule has 1 aliphatic carbocycles. The molecule has 0 heterocycles. The summed E-state index contributed by atoms with van der Waals surface area (Å²) in [7, 11) is 0. The van der Waals surface area contributed by atoms with E-state index in [0.717, 1.165) is 11.1 Å². The zero-order chi connectivity index (χ0) is 11.6. The fraction of sp³-hybridized carbons (Fsp3) is 0.500.